The number of rotatable bonds is 6. The zero-order chi connectivity index (χ0) is 19.4. The van der Waals surface area contributed by atoms with E-state index in [1.807, 2.05) is 25.1 Å². The van der Waals surface area contributed by atoms with Gasteiger partial charge in [0, 0.05) is 18.2 Å². The molecule has 1 N–H and O–H groups in total. The molecule has 3 rings (SSSR count). The number of anilines is 2. The first-order chi connectivity index (χ1) is 13.0. The van der Waals surface area contributed by atoms with E-state index in [9.17, 15) is 9.59 Å². The summed E-state index contributed by atoms with van der Waals surface area (Å²) in [6.07, 6.45) is 7.65. The van der Waals surface area contributed by atoms with E-state index in [1.165, 1.54) is 19.3 Å². The molecule has 0 aromatic heterocycles. The SMILES string of the molecule is CCCCC1CCC(C(=O)Nc2ccc3c(c2)N(CC)C(=O)C(C)O3)CC1. The Hall–Kier alpha value is -2.04. The zero-order valence-corrected chi connectivity index (χ0v) is 16.8. The summed E-state index contributed by atoms with van der Waals surface area (Å²) in [5.74, 6) is 1.64. The van der Waals surface area contributed by atoms with Crippen LogP contribution >= 0.6 is 0 Å². The van der Waals surface area contributed by atoms with Crippen LogP contribution < -0.4 is 15.0 Å². The number of amides is 2. The van der Waals surface area contributed by atoms with Crippen molar-refractivity contribution in [1.29, 1.82) is 0 Å². The van der Waals surface area contributed by atoms with Crippen molar-refractivity contribution >= 4 is 23.2 Å². The lowest BCUT2D eigenvalue weighted by atomic mass is 9.79. The molecule has 1 aromatic carbocycles. The van der Waals surface area contributed by atoms with Gasteiger partial charge in [-0.2, -0.15) is 0 Å². The van der Waals surface area contributed by atoms with Crippen LogP contribution in [0.4, 0.5) is 11.4 Å². The Bertz CT molecular complexity index is 680. The number of unbranched alkanes of at least 4 members (excludes halogenated alkanes) is 1. The lowest BCUT2D eigenvalue weighted by Gasteiger charge is -2.32. The Labute approximate surface area is 162 Å². The molecule has 1 aliphatic carbocycles. The Morgan fingerprint density at radius 1 is 1.22 bits per heavy atom. The lowest BCUT2D eigenvalue weighted by molar-refractivity contribution is -0.125. The van der Waals surface area contributed by atoms with Gasteiger partial charge in [-0.15, -0.1) is 0 Å². The normalized spacial score (nSPS) is 24.9. The summed E-state index contributed by atoms with van der Waals surface area (Å²) >= 11 is 0. The van der Waals surface area contributed by atoms with Crippen molar-refractivity contribution in [3.63, 3.8) is 0 Å². The monoisotopic (exact) mass is 372 g/mol. The van der Waals surface area contributed by atoms with E-state index < -0.39 is 6.10 Å². The van der Waals surface area contributed by atoms with Crippen molar-refractivity contribution < 1.29 is 14.3 Å². The van der Waals surface area contributed by atoms with Crippen molar-refractivity contribution in [2.24, 2.45) is 11.8 Å². The van der Waals surface area contributed by atoms with Gasteiger partial charge in [0.15, 0.2) is 6.10 Å². The number of fused-ring (bicyclic) bond motifs is 1. The third-order valence-corrected chi connectivity index (χ3v) is 5.93. The first kappa shape index (κ1) is 19.7. The van der Waals surface area contributed by atoms with Crippen LogP contribution in [0.3, 0.4) is 0 Å². The second kappa shape index (κ2) is 8.77. The summed E-state index contributed by atoms with van der Waals surface area (Å²) in [5.41, 5.74) is 1.47. The molecule has 1 fully saturated rings. The van der Waals surface area contributed by atoms with Gasteiger partial charge < -0.3 is 15.0 Å². The number of carbonyl (C=O) groups excluding carboxylic acids is 2. The molecule has 1 aliphatic heterocycles. The van der Waals surface area contributed by atoms with Crippen LogP contribution in [0, 0.1) is 11.8 Å². The Morgan fingerprint density at radius 3 is 2.63 bits per heavy atom. The van der Waals surface area contributed by atoms with Gasteiger partial charge in [0.2, 0.25) is 5.91 Å². The summed E-state index contributed by atoms with van der Waals surface area (Å²) in [6.45, 7) is 6.53. The standard InChI is InChI=1S/C22H32N2O3/c1-4-6-7-16-8-10-17(11-9-16)21(25)23-18-12-13-20-19(14-18)24(5-2)22(26)15(3)27-20/h12-17H,4-11H2,1-3H3,(H,23,25). The molecule has 0 spiro atoms. The molecule has 27 heavy (non-hydrogen) atoms. The minimum atomic E-state index is -0.471. The van der Waals surface area contributed by atoms with Crippen LogP contribution in [-0.4, -0.2) is 24.5 Å². The molecule has 5 nitrogen and oxygen atoms in total. The second-order valence-electron chi connectivity index (χ2n) is 7.87. The zero-order valence-electron chi connectivity index (χ0n) is 16.8. The van der Waals surface area contributed by atoms with Crippen molar-refractivity contribution in [2.45, 2.75) is 71.8 Å². The Morgan fingerprint density at radius 2 is 1.96 bits per heavy atom. The molecule has 1 atom stereocenters. The highest BCUT2D eigenvalue weighted by atomic mass is 16.5. The quantitative estimate of drug-likeness (QED) is 0.783. The van der Waals surface area contributed by atoms with E-state index in [-0.39, 0.29) is 17.7 Å². The molecule has 0 radical (unpaired) electrons. The summed E-state index contributed by atoms with van der Waals surface area (Å²) in [7, 11) is 0. The summed E-state index contributed by atoms with van der Waals surface area (Å²) in [6, 6.07) is 5.56. The fourth-order valence-electron chi connectivity index (χ4n) is 4.26. The van der Waals surface area contributed by atoms with E-state index in [1.54, 1.807) is 11.8 Å². The fourth-order valence-corrected chi connectivity index (χ4v) is 4.26. The van der Waals surface area contributed by atoms with Gasteiger partial charge in [0.05, 0.1) is 5.69 Å². The molecule has 1 unspecified atom stereocenters. The molecule has 5 heteroatoms. The van der Waals surface area contributed by atoms with E-state index in [4.69, 9.17) is 4.74 Å². The first-order valence-electron chi connectivity index (χ1n) is 10.5. The maximum atomic E-state index is 12.7. The van der Waals surface area contributed by atoms with Crippen LogP contribution in [0.25, 0.3) is 0 Å². The average molecular weight is 373 g/mol. The number of carbonyl (C=O) groups is 2. The third kappa shape index (κ3) is 4.45. The van der Waals surface area contributed by atoms with Gasteiger partial charge in [-0.3, -0.25) is 9.59 Å². The van der Waals surface area contributed by atoms with E-state index in [0.29, 0.717) is 12.3 Å². The largest absolute Gasteiger partial charge is 0.479 e. The second-order valence-corrected chi connectivity index (χ2v) is 7.87. The van der Waals surface area contributed by atoms with Crippen molar-refractivity contribution in [3.05, 3.63) is 18.2 Å². The van der Waals surface area contributed by atoms with Gasteiger partial charge in [-0.25, -0.2) is 0 Å². The number of hydrogen-bond acceptors (Lipinski definition) is 3. The van der Waals surface area contributed by atoms with E-state index >= 15 is 0 Å². The molecule has 1 aromatic rings. The lowest BCUT2D eigenvalue weighted by Crippen LogP contribution is -2.44. The highest BCUT2D eigenvalue weighted by Gasteiger charge is 2.31. The third-order valence-electron chi connectivity index (χ3n) is 5.93. The molecule has 0 saturated heterocycles. The van der Waals surface area contributed by atoms with Crippen molar-refractivity contribution in [2.75, 3.05) is 16.8 Å². The van der Waals surface area contributed by atoms with Crippen molar-refractivity contribution in [1.82, 2.24) is 0 Å². The average Bonchev–Trinajstić information content (AvgIpc) is 2.68. The minimum Gasteiger partial charge on any atom is -0.479 e. The predicted molar refractivity (Wildman–Crippen MR) is 108 cm³/mol. The molecule has 2 aliphatic rings. The molecule has 148 valence electrons. The Kier molecular flexibility index (Phi) is 6.40. The van der Waals surface area contributed by atoms with Gasteiger partial charge in [-0.1, -0.05) is 26.2 Å². The molecule has 1 saturated carbocycles. The number of nitrogens with zero attached hydrogens (tertiary/aromatic N) is 1. The fraction of sp³-hybridized carbons (Fsp3) is 0.636. The number of hydrogen-bond donors (Lipinski definition) is 1. The van der Waals surface area contributed by atoms with Crippen LogP contribution in [0.1, 0.15) is 65.7 Å². The smallest absolute Gasteiger partial charge is 0.267 e. The number of benzene rings is 1. The topological polar surface area (TPSA) is 58.6 Å². The van der Waals surface area contributed by atoms with Gasteiger partial charge >= 0.3 is 0 Å². The maximum absolute atomic E-state index is 12.7. The molecule has 2 amide bonds. The van der Waals surface area contributed by atoms with Gasteiger partial charge in [0.1, 0.15) is 5.75 Å². The molecule has 1 heterocycles. The van der Waals surface area contributed by atoms with E-state index in [0.717, 1.165) is 43.0 Å². The molecular formula is C22H32N2O3. The van der Waals surface area contributed by atoms with Crippen LogP contribution in [0.15, 0.2) is 18.2 Å². The summed E-state index contributed by atoms with van der Waals surface area (Å²) < 4.78 is 5.69. The number of ether oxygens (including phenoxy) is 1. The minimum absolute atomic E-state index is 0.0427. The Balaban J connectivity index is 1.62. The highest BCUT2D eigenvalue weighted by molar-refractivity contribution is 6.01. The van der Waals surface area contributed by atoms with Crippen molar-refractivity contribution in [3.8, 4) is 5.75 Å². The van der Waals surface area contributed by atoms with Crippen LogP contribution in [-0.2, 0) is 9.59 Å². The van der Waals surface area contributed by atoms with Crippen LogP contribution in [0.2, 0.25) is 0 Å². The van der Waals surface area contributed by atoms with Gasteiger partial charge in [-0.05, 0) is 63.6 Å². The van der Waals surface area contributed by atoms with Crippen LogP contribution in [0.5, 0.6) is 5.75 Å². The predicted octanol–water partition coefficient (Wildman–Crippen LogP) is 4.76. The molecular weight excluding hydrogens is 340 g/mol. The first-order valence-corrected chi connectivity index (χ1v) is 10.5. The number of nitrogens with one attached hydrogen (secondary N) is 1. The molecule has 0 bridgehead atoms. The number of likely N-dealkylation sites (N-methyl/N-ethyl adjacent to an activating group) is 1. The summed E-state index contributed by atoms with van der Waals surface area (Å²) in [5, 5.41) is 3.06. The maximum Gasteiger partial charge on any atom is 0.267 e. The highest BCUT2D eigenvalue weighted by Crippen LogP contribution is 2.37. The summed E-state index contributed by atoms with van der Waals surface area (Å²) in [4.78, 5) is 26.7. The van der Waals surface area contributed by atoms with E-state index in [2.05, 4.69) is 12.2 Å². The van der Waals surface area contributed by atoms with Gasteiger partial charge in [0.25, 0.3) is 5.91 Å².